The number of carboxylic acid groups (broad SMARTS) is 1. The van der Waals surface area contributed by atoms with Crippen LogP contribution in [-0.4, -0.2) is 22.7 Å². The van der Waals surface area contributed by atoms with Crippen LogP contribution in [0.2, 0.25) is 0 Å². The van der Waals surface area contributed by atoms with Gasteiger partial charge in [0.2, 0.25) is 5.91 Å². The van der Waals surface area contributed by atoms with Gasteiger partial charge in [0.25, 0.3) is 0 Å². The predicted molar refractivity (Wildman–Crippen MR) is 36.3 cm³/mol. The number of hydrogen-bond donors (Lipinski definition) is 2. The molecule has 1 amide bonds. The third kappa shape index (κ3) is 1.77. The molecule has 4 nitrogen and oxygen atoms in total. The van der Waals surface area contributed by atoms with E-state index in [4.69, 9.17) is 5.11 Å². The van der Waals surface area contributed by atoms with E-state index in [0.717, 1.165) is 6.08 Å². The van der Waals surface area contributed by atoms with Crippen LogP contribution < -0.4 is 5.32 Å². The first-order valence-corrected chi connectivity index (χ1v) is 3.54. The van der Waals surface area contributed by atoms with Crippen LogP contribution in [0, 0.1) is 0 Å². The van der Waals surface area contributed by atoms with Crippen LogP contribution in [0.3, 0.4) is 0 Å². The Labute approximate surface area is 61.3 Å². The molecule has 0 saturated carbocycles. The highest BCUT2D eigenvalue weighted by Gasteiger charge is 2.15. The number of carbonyl (C=O) groups excluding carboxylic acids is 1. The van der Waals surface area contributed by atoms with E-state index >= 15 is 0 Å². The van der Waals surface area contributed by atoms with Crippen LogP contribution in [0.4, 0.5) is 0 Å². The maximum atomic E-state index is 10.5. The Bertz CT molecular complexity index is 211. The Balaban J connectivity index is 2.59. The fourth-order valence-electron chi connectivity index (χ4n) is 0.543. The molecule has 1 heterocycles. The summed E-state index contributed by atoms with van der Waals surface area (Å²) in [5.74, 6) is -0.860. The topological polar surface area (TPSA) is 66.4 Å². The van der Waals surface area contributed by atoms with Crippen LogP contribution in [0.1, 0.15) is 0 Å². The average molecular weight is 159 g/mol. The summed E-state index contributed by atoms with van der Waals surface area (Å²) >= 11 is 1.20. The Morgan fingerprint density at radius 1 is 1.80 bits per heavy atom. The number of carboxylic acids is 1. The quantitative estimate of drug-likeness (QED) is 0.519. The lowest BCUT2D eigenvalue weighted by Crippen LogP contribution is -2.14. The summed E-state index contributed by atoms with van der Waals surface area (Å²) in [5, 5.41) is 11.0. The minimum absolute atomic E-state index is 0.141. The highest BCUT2D eigenvalue weighted by Crippen LogP contribution is 2.17. The molecule has 0 radical (unpaired) electrons. The lowest BCUT2D eigenvalue weighted by Gasteiger charge is -1.89. The Morgan fingerprint density at radius 3 is 2.90 bits per heavy atom. The van der Waals surface area contributed by atoms with Crippen molar-refractivity contribution >= 4 is 23.6 Å². The van der Waals surface area contributed by atoms with Crippen molar-refractivity contribution in [1.82, 2.24) is 5.32 Å². The molecule has 1 saturated heterocycles. The summed E-state index contributed by atoms with van der Waals surface area (Å²) in [4.78, 5) is 20.5. The number of thioether (sulfide) groups is 1. The molecule has 54 valence electrons. The van der Waals surface area contributed by atoms with Gasteiger partial charge in [-0.1, -0.05) is 11.8 Å². The molecule has 0 unspecified atom stereocenters. The molecular weight excluding hydrogens is 154 g/mol. The molecule has 1 aliphatic rings. The van der Waals surface area contributed by atoms with E-state index in [1.54, 1.807) is 0 Å². The maximum absolute atomic E-state index is 10.5. The van der Waals surface area contributed by atoms with Crippen molar-refractivity contribution in [2.24, 2.45) is 0 Å². The van der Waals surface area contributed by atoms with Gasteiger partial charge in [0.15, 0.2) is 0 Å². The van der Waals surface area contributed by atoms with Crippen molar-refractivity contribution in [3.05, 3.63) is 11.1 Å². The van der Waals surface area contributed by atoms with Crippen molar-refractivity contribution in [2.75, 3.05) is 5.75 Å². The molecule has 1 fully saturated rings. The first kappa shape index (κ1) is 7.14. The summed E-state index contributed by atoms with van der Waals surface area (Å²) < 4.78 is 0. The van der Waals surface area contributed by atoms with Crippen molar-refractivity contribution in [3.63, 3.8) is 0 Å². The SMILES string of the molecule is O=C(O)C=C1NC(=O)CS1. The van der Waals surface area contributed by atoms with Crippen molar-refractivity contribution in [2.45, 2.75) is 0 Å². The zero-order valence-corrected chi connectivity index (χ0v) is 5.77. The van der Waals surface area contributed by atoms with Crippen molar-refractivity contribution < 1.29 is 14.7 Å². The minimum Gasteiger partial charge on any atom is -0.478 e. The molecule has 0 spiro atoms. The second-order valence-corrected chi connectivity index (χ2v) is 2.70. The largest absolute Gasteiger partial charge is 0.478 e. The zero-order valence-electron chi connectivity index (χ0n) is 4.96. The van der Waals surface area contributed by atoms with Crippen LogP contribution in [0.5, 0.6) is 0 Å². The number of amides is 1. The van der Waals surface area contributed by atoms with E-state index in [9.17, 15) is 9.59 Å². The summed E-state index contributed by atoms with van der Waals surface area (Å²) in [5.41, 5.74) is 0. The molecule has 0 aromatic rings. The molecule has 1 rings (SSSR count). The number of nitrogens with one attached hydrogen (secondary N) is 1. The molecule has 0 aromatic carbocycles. The fourth-order valence-corrected chi connectivity index (χ4v) is 1.27. The Hall–Kier alpha value is -0.970. The minimum atomic E-state index is -1.04. The first-order valence-electron chi connectivity index (χ1n) is 2.56. The second kappa shape index (κ2) is 2.74. The van der Waals surface area contributed by atoms with Gasteiger partial charge in [0.05, 0.1) is 16.9 Å². The summed E-state index contributed by atoms with van der Waals surface area (Å²) in [6, 6.07) is 0. The molecule has 0 bridgehead atoms. The number of carbonyl (C=O) groups is 2. The van der Waals surface area contributed by atoms with Crippen LogP contribution in [0.15, 0.2) is 11.1 Å². The van der Waals surface area contributed by atoms with E-state index in [2.05, 4.69) is 5.32 Å². The van der Waals surface area contributed by atoms with Gasteiger partial charge in [-0.3, -0.25) is 4.79 Å². The monoisotopic (exact) mass is 159 g/mol. The number of rotatable bonds is 1. The predicted octanol–water partition coefficient (Wildman–Crippen LogP) is -0.225. The van der Waals surface area contributed by atoms with Crippen LogP contribution in [0.25, 0.3) is 0 Å². The van der Waals surface area contributed by atoms with E-state index in [1.165, 1.54) is 11.8 Å². The average Bonchev–Trinajstić information content (AvgIpc) is 2.13. The summed E-state index contributed by atoms with van der Waals surface area (Å²) in [6.07, 6.45) is 0.982. The molecule has 0 aromatic heterocycles. The second-order valence-electron chi connectivity index (χ2n) is 1.68. The van der Waals surface area contributed by atoms with Gasteiger partial charge in [-0.15, -0.1) is 0 Å². The molecule has 0 aliphatic carbocycles. The smallest absolute Gasteiger partial charge is 0.330 e. The van der Waals surface area contributed by atoms with E-state index < -0.39 is 5.97 Å². The van der Waals surface area contributed by atoms with Gasteiger partial charge < -0.3 is 10.4 Å². The lowest BCUT2D eigenvalue weighted by atomic mass is 10.6. The summed E-state index contributed by atoms with van der Waals surface area (Å²) in [6.45, 7) is 0. The Kier molecular flexibility index (Phi) is 1.96. The molecule has 1 aliphatic heterocycles. The lowest BCUT2D eigenvalue weighted by molar-refractivity contribution is -0.131. The molecule has 0 atom stereocenters. The van der Waals surface area contributed by atoms with Crippen LogP contribution in [-0.2, 0) is 9.59 Å². The van der Waals surface area contributed by atoms with E-state index in [0.29, 0.717) is 10.8 Å². The van der Waals surface area contributed by atoms with Gasteiger partial charge >= 0.3 is 5.97 Å². The van der Waals surface area contributed by atoms with Crippen molar-refractivity contribution in [1.29, 1.82) is 0 Å². The standard InChI is InChI=1S/C5H5NO3S/c7-3-2-10-4(6-3)1-5(8)9/h1H,2H2,(H,6,7)(H,8,9). The maximum Gasteiger partial charge on any atom is 0.330 e. The number of hydrogen-bond acceptors (Lipinski definition) is 3. The Morgan fingerprint density at radius 2 is 2.50 bits per heavy atom. The highest BCUT2D eigenvalue weighted by atomic mass is 32.2. The van der Waals surface area contributed by atoms with Gasteiger partial charge in [-0.05, 0) is 0 Å². The third-order valence-electron chi connectivity index (χ3n) is 0.876. The van der Waals surface area contributed by atoms with Crippen molar-refractivity contribution in [3.8, 4) is 0 Å². The summed E-state index contributed by atoms with van der Waals surface area (Å²) in [7, 11) is 0. The van der Waals surface area contributed by atoms with Gasteiger partial charge in [-0.2, -0.15) is 0 Å². The first-order chi connectivity index (χ1) is 4.68. The fraction of sp³-hybridized carbons (Fsp3) is 0.200. The third-order valence-corrected chi connectivity index (χ3v) is 1.81. The molecular formula is C5H5NO3S. The normalized spacial score (nSPS) is 21.2. The van der Waals surface area contributed by atoms with E-state index in [-0.39, 0.29) is 5.91 Å². The van der Waals surface area contributed by atoms with Crippen LogP contribution >= 0.6 is 11.8 Å². The molecule has 10 heavy (non-hydrogen) atoms. The number of aliphatic carboxylic acids is 1. The molecule has 5 heteroatoms. The van der Waals surface area contributed by atoms with Gasteiger partial charge in [-0.25, -0.2) is 4.79 Å². The van der Waals surface area contributed by atoms with Gasteiger partial charge in [0.1, 0.15) is 0 Å². The highest BCUT2D eigenvalue weighted by molar-refractivity contribution is 8.04. The van der Waals surface area contributed by atoms with Gasteiger partial charge in [0, 0.05) is 0 Å². The van der Waals surface area contributed by atoms with E-state index in [1.807, 2.05) is 0 Å². The zero-order chi connectivity index (χ0) is 7.56. The molecule has 2 N–H and O–H groups in total.